The summed E-state index contributed by atoms with van der Waals surface area (Å²) in [5.74, 6) is -0.0239. The maximum Gasteiger partial charge on any atom is 0.387 e. The molecule has 1 heterocycles. The lowest BCUT2D eigenvalue weighted by Gasteiger charge is -2.27. The van der Waals surface area contributed by atoms with Crippen LogP contribution in [0.4, 0.5) is 8.78 Å². The van der Waals surface area contributed by atoms with Gasteiger partial charge in [0.05, 0.1) is 23.1 Å². The lowest BCUT2D eigenvalue weighted by molar-refractivity contribution is -0.0926. The molecule has 0 aromatic heterocycles. The van der Waals surface area contributed by atoms with Crippen molar-refractivity contribution >= 4 is 10.0 Å². The summed E-state index contributed by atoms with van der Waals surface area (Å²) in [7, 11) is -3.39. The van der Waals surface area contributed by atoms with E-state index in [9.17, 15) is 22.5 Å². The third-order valence-corrected chi connectivity index (χ3v) is 5.96. The quantitative estimate of drug-likeness (QED) is 0.714. The van der Waals surface area contributed by atoms with Gasteiger partial charge in [-0.25, -0.2) is 8.42 Å². The third kappa shape index (κ3) is 4.17. The first kappa shape index (κ1) is 20.6. The van der Waals surface area contributed by atoms with Crippen LogP contribution < -0.4 is 4.72 Å². The molecule has 0 bridgehead atoms. The predicted octanol–water partition coefficient (Wildman–Crippen LogP) is 3.36. The molecule has 6 nitrogen and oxygen atoms in total. The van der Waals surface area contributed by atoms with Gasteiger partial charge in [-0.1, -0.05) is 24.8 Å². The van der Waals surface area contributed by atoms with E-state index < -0.39 is 22.7 Å². The second-order valence-electron chi connectivity index (χ2n) is 6.33. The van der Waals surface area contributed by atoms with Crippen molar-refractivity contribution in [1.29, 1.82) is 5.26 Å². The Morgan fingerprint density at radius 3 is 2.72 bits per heavy atom. The summed E-state index contributed by atoms with van der Waals surface area (Å²) in [6, 6.07) is 1.70. The molecule has 29 heavy (non-hydrogen) atoms. The third-order valence-electron chi connectivity index (χ3n) is 4.65. The van der Waals surface area contributed by atoms with Crippen molar-refractivity contribution in [2.45, 2.75) is 26.0 Å². The molecule has 3 rings (SSSR count). The molecule has 0 saturated heterocycles. The largest absolute Gasteiger partial charge is 0.435 e. The number of nitrogens with zero attached hydrogens (tertiary/aromatic N) is 2. The Bertz CT molecular complexity index is 1060. The molecule has 0 amide bonds. The summed E-state index contributed by atoms with van der Waals surface area (Å²) in [5.41, 5.74) is 2.90. The van der Waals surface area contributed by atoms with Gasteiger partial charge in [-0.3, -0.25) is 4.72 Å². The van der Waals surface area contributed by atoms with Crippen LogP contribution in [0.3, 0.4) is 0 Å². The van der Waals surface area contributed by atoms with E-state index in [0.29, 0.717) is 29.0 Å². The highest BCUT2D eigenvalue weighted by Crippen LogP contribution is 2.41. The average molecular weight is 419 g/mol. The summed E-state index contributed by atoms with van der Waals surface area (Å²) >= 11 is 0. The maximum absolute atomic E-state index is 12.6. The molecule has 0 saturated carbocycles. The van der Waals surface area contributed by atoms with Gasteiger partial charge >= 0.3 is 6.61 Å². The van der Waals surface area contributed by atoms with E-state index in [0.717, 1.165) is 5.57 Å². The molecule has 1 unspecified atom stereocenters. The van der Waals surface area contributed by atoms with Crippen molar-refractivity contribution in [2.24, 2.45) is 0 Å². The standard InChI is InChI=1S/C20H19F2N3O3S/c1-3-25-18-11-15(28-20(21)22)9-10-16(18)17(12-23)19(25)13-5-7-14(8-6-13)24-29(26,27)4-2/h3,5,7-11,18,20,24H,1,4,6H2,2H3. The van der Waals surface area contributed by atoms with Crippen LogP contribution in [0.1, 0.15) is 13.3 Å². The van der Waals surface area contributed by atoms with Crippen molar-refractivity contribution in [2.75, 3.05) is 5.75 Å². The normalized spacial score (nSPS) is 23.6. The Balaban J connectivity index is 1.96. The van der Waals surface area contributed by atoms with Gasteiger partial charge in [0.1, 0.15) is 11.8 Å². The van der Waals surface area contributed by atoms with Crippen LogP contribution in [0.25, 0.3) is 0 Å². The summed E-state index contributed by atoms with van der Waals surface area (Å²) in [6.45, 7) is 2.39. The summed E-state index contributed by atoms with van der Waals surface area (Å²) < 4.78 is 55.6. The number of halogens is 2. The van der Waals surface area contributed by atoms with Crippen LogP contribution in [0.5, 0.6) is 0 Å². The molecule has 152 valence electrons. The number of hydrogen-bond donors (Lipinski definition) is 1. The molecule has 0 aromatic carbocycles. The monoisotopic (exact) mass is 419 g/mol. The molecular formula is C20H19F2N3O3S. The molecule has 0 aromatic rings. The molecule has 1 atom stereocenters. The first-order valence-corrected chi connectivity index (χ1v) is 10.5. The van der Waals surface area contributed by atoms with E-state index in [1.807, 2.05) is 0 Å². The number of sulfonamides is 1. The van der Waals surface area contributed by atoms with Gasteiger partial charge in [0.25, 0.3) is 0 Å². The van der Waals surface area contributed by atoms with Gasteiger partial charge in [-0.15, -0.1) is 0 Å². The number of allylic oxidation sites excluding steroid dienone is 6. The van der Waals surface area contributed by atoms with E-state index >= 15 is 0 Å². The summed E-state index contributed by atoms with van der Waals surface area (Å²) in [4.78, 5) is 1.72. The van der Waals surface area contributed by atoms with Gasteiger partial charge in [0.2, 0.25) is 10.0 Å². The smallest absolute Gasteiger partial charge is 0.387 e. The minimum Gasteiger partial charge on any atom is -0.435 e. The number of alkyl halides is 2. The predicted molar refractivity (Wildman–Crippen MR) is 104 cm³/mol. The fourth-order valence-electron chi connectivity index (χ4n) is 3.32. The zero-order chi connectivity index (χ0) is 21.2. The van der Waals surface area contributed by atoms with Crippen LogP contribution in [0, 0.1) is 11.3 Å². The fraction of sp³-hybridized carbons (Fsp3) is 0.250. The Kier molecular flexibility index (Phi) is 5.75. The second-order valence-corrected chi connectivity index (χ2v) is 8.34. The van der Waals surface area contributed by atoms with E-state index in [2.05, 4.69) is 22.1 Å². The summed E-state index contributed by atoms with van der Waals surface area (Å²) in [6.07, 6.45) is 11.5. The molecule has 0 fully saturated rings. The minimum absolute atomic E-state index is 0.0134. The van der Waals surface area contributed by atoms with E-state index in [-0.39, 0.29) is 11.5 Å². The van der Waals surface area contributed by atoms with E-state index in [1.54, 1.807) is 36.1 Å². The van der Waals surface area contributed by atoms with Crippen molar-refractivity contribution in [3.05, 3.63) is 83.1 Å². The van der Waals surface area contributed by atoms with Gasteiger partial charge < -0.3 is 9.64 Å². The minimum atomic E-state index is -3.39. The van der Waals surface area contributed by atoms with Crippen LogP contribution >= 0.6 is 0 Å². The molecule has 1 N–H and O–H groups in total. The molecular weight excluding hydrogens is 400 g/mol. The molecule has 9 heteroatoms. The van der Waals surface area contributed by atoms with Gasteiger partial charge in [-0.2, -0.15) is 14.0 Å². The lowest BCUT2D eigenvalue weighted by Crippen LogP contribution is -2.27. The topological polar surface area (TPSA) is 82.4 Å². The van der Waals surface area contributed by atoms with Crippen molar-refractivity contribution in [3.8, 4) is 6.07 Å². The highest BCUT2D eigenvalue weighted by molar-refractivity contribution is 7.89. The van der Waals surface area contributed by atoms with Crippen LogP contribution in [-0.4, -0.2) is 31.7 Å². The highest BCUT2D eigenvalue weighted by atomic mass is 32.2. The SMILES string of the molecule is C=CN1C(=C2C=CC(NS(=O)(=O)CC)=CC2)C(C#N)=C2C=CC(OC(F)F)=CC21. The van der Waals surface area contributed by atoms with Gasteiger partial charge in [-0.05, 0) is 48.9 Å². The molecule has 0 radical (unpaired) electrons. The second kappa shape index (κ2) is 8.09. The van der Waals surface area contributed by atoms with Crippen molar-refractivity contribution < 1.29 is 21.9 Å². The molecule has 3 aliphatic rings. The van der Waals surface area contributed by atoms with Gasteiger partial charge in [0.15, 0.2) is 0 Å². The zero-order valence-corrected chi connectivity index (χ0v) is 16.4. The summed E-state index contributed by atoms with van der Waals surface area (Å²) in [5, 5.41) is 9.73. The molecule has 0 spiro atoms. The van der Waals surface area contributed by atoms with Crippen LogP contribution in [0.15, 0.2) is 83.1 Å². The van der Waals surface area contributed by atoms with Crippen molar-refractivity contribution in [1.82, 2.24) is 9.62 Å². The number of nitrogens with one attached hydrogen (secondary N) is 1. The van der Waals surface area contributed by atoms with E-state index in [4.69, 9.17) is 0 Å². The number of hydrogen-bond acceptors (Lipinski definition) is 5. The average Bonchev–Trinajstić information content (AvgIpc) is 3.00. The Morgan fingerprint density at radius 1 is 1.41 bits per heavy atom. The Hall–Kier alpha value is -3.12. The molecule has 1 aliphatic heterocycles. The number of rotatable bonds is 6. The van der Waals surface area contributed by atoms with Crippen molar-refractivity contribution in [3.63, 3.8) is 0 Å². The Labute approximate surface area is 168 Å². The number of fused-ring (bicyclic) bond motifs is 1. The fourth-order valence-corrected chi connectivity index (χ4v) is 3.97. The van der Waals surface area contributed by atoms with Crippen LogP contribution in [0.2, 0.25) is 0 Å². The van der Waals surface area contributed by atoms with E-state index in [1.165, 1.54) is 18.4 Å². The first-order chi connectivity index (χ1) is 13.8. The highest BCUT2D eigenvalue weighted by Gasteiger charge is 2.36. The first-order valence-electron chi connectivity index (χ1n) is 8.81. The number of ether oxygens (including phenoxy) is 1. The van der Waals surface area contributed by atoms with Crippen LogP contribution in [-0.2, 0) is 14.8 Å². The van der Waals surface area contributed by atoms with Gasteiger partial charge in [0, 0.05) is 5.70 Å². The maximum atomic E-state index is 12.6. The zero-order valence-electron chi connectivity index (χ0n) is 15.6. The molecule has 2 aliphatic carbocycles. The number of nitriles is 1. The Morgan fingerprint density at radius 2 is 2.17 bits per heavy atom. The lowest BCUT2D eigenvalue weighted by atomic mass is 9.97.